The van der Waals surface area contributed by atoms with E-state index >= 15 is 0 Å². The Morgan fingerprint density at radius 3 is 2.64 bits per heavy atom. The summed E-state index contributed by atoms with van der Waals surface area (Å²) in [7, 11) is 1.75. The fourth-order valence-corrected chi connectivity index (χ4v) is 2.82. The molecule has 2 heterocycles. The molecule has 0 aliphatic heterocycles. The molecule has 0 saturated heterocycles. The van der Waals surface area contributed by atoms with E-state index in [0.717, 1.165) is 16.8 Å². The van der Waals surface area contributed by atoms with E-state index in [9.17, 15) is 14.7 Å². The average molecular weight is 348 g/mol. The van der Waals surface area contributed by atoms with Gasteiger partial charge in [0.05, 0.1) is 11.0 Å². The first-order valence-electron chi connectivity index (χ1n) is 8.58. The maximum absolute atomic E-state index is 12.1. The smallest absolute Gasteiger partial charge is 0.273 e. The molecule has 0 aliphatic rings. The molecule has 0 bridgehead atoms. The number of aromatic amines is 1. The van der Waals surface area contributed by atoms with Gasteiger partial charge in [-0.05, 0) is 44.2 Å². The number of H-pyrrole nitrogens is 1. The Bertz CT molecular complexity index is 846. The Morgan fingerprint density at radius 1 is 1.40 bits per heavy atom. The van der Waals surface area contributed by atoms with Gasteiger partial charge in [-0.2, -0.15) is 0 Å². The molecule has 0 aromatic carbocycles. The van der Waals surface area contributed by atoms with Crippen molar-refractivity contribution in [1.82, 2.24) is 20.1 Å². The summed E-state index contributed by atoms with van der Waals surface area (Å²) in [5.41, 5.74) is 2.14. The molecule has 7 heteroatoms. The van der Waals surface area contributed by atoms with Gasteiger partial charge in [0.1, 0.15) is 0 Å². The zero-order valence-electron chi connectivity index (χ0n) is 15.9. The highest BCUT2D eigenvalue weighted by Crippen LogP contribution is 2.21. The maximum atomic E-state index is 12.1. The first-order chi connectivity index (χ1) is 11.5. The number of fused-ring (bicyclic) bond motifs is 1. The minimum atomic E-state index is -0.931. The van der Waals surface area contributed by atoms with Gasteiger partial charge >= 0.3 is 0 Å². The van der Waals surface area contributed by atoms with Crippen LogP contribution in [0.25, 0.3) is 11.0 Å². The topological polar surface area (TPSA) is 100 Å². The molecule has 2 aromatic heterocycles. The van der Waals surface area contributed by atoms with Crippen molar-refractivity contribution in [2.24, 2.45) is 13.0 Å². The second-order valence-corrected chi connectivity index (χ2v) is 7.29. The fourth-order valence-electron chi connectivity index (χ4n) is 2.82. The van der Waals surface area contributed by atoms with Crippen molar-refractivity contribution in [2.75, 3.05) is 6.54 Å². The largest absolute Gasteiger partial charge is 0.388 e. The molecule has 138 valence electrons. The zero-order valence-corrected chi connectivity index (χ0v) is 15.9. The molecule has 0 saturated carbocycles. The minimum absolute atomic E-state index is 0.0497. The van der Waals surface area contributed by atoms with Crippen LogP contribution in [0.2, 0.25) is 0 Å². The molecule has 0 fully saturated rings. The number of aromatic nitrogens is 3. The van der Waals surface area contributed by atoms with Crippen LogP contribution in [0.4, 0.5) is 0 Å². The molecule has 2 aromatic rings. The second kappa shape index (κ2) is 7.00. The maximum Gasteiger partial charge on any atom is 0.273 e. The minimum Gasteiger partial charge on any atom is -0.388 e. The van der Waals surface area contributed by atoms with Crippen LogP contribution in [0, 0.1) is 19.8 Å². The summed E-state index contributed by atoms with van der Waals surface area (Å²) in [4.78, 5) is 28.7. The first-order valence-corrected chi connectivity index (χ1v) is 8.58. The summed E-state index contributed by atoms with van der Waals surface area (Å²) in [6.07, 6.45) is 0.790. The number of carbonyl (C=O) groups is 1. The predicted molar refractivity (Wildman–Crippen MR) is 97.6 cm³/mol. The quantitative estimate of drug-likeness (QED) is 0.733. The summed E-state index contributed by atoms with van der Waals surface area (Å²) in [5, 5.41) is 16.3. The molecule has 1 atom stereocenters. The van der Waals surface area contributed by atoms with E-state index < -0.39 is 5.60 Å². The van der Waals surface area contributed by atoms with E-state index in [2.05, 4.69) is 15.4 Å². The number of aliphatic hydroxyl groups is 1. The molecule has 1 unspecified atom stereocenters. The standard InChI is InChI=1S/C18H28N4O3/c1-10(2)18(5,25)9-19-14(23)8-7-13-11(3)15-16(20-12(13)4)22(6)21-17(15)24/h10,25H,7-9H2,1-6H3,(H,19,23)(H,21,24). The number of carbonyl (C=O) groups excluding carboxylic acids is 1. The van der Waals surface area contributed by atoms with Gasteiger partial charge in [0, 0.05) is 25.7 Å². The highest BCUT2D eigenvalue weighted by atomic mass is 16.3. The van der Waals surface area contributed by atoms with Crippen molar-refractivity contribution >= 4 is 16.9 Å². The molecule has 1 amide bonds. The highest BCUT2D eigenvalue weighted by Gasteiger charge is 2.25. The van der Waals surface area contributed by atoms with Gasteiger partial charge in [-0.3, -0.25) is 19.4 Å². The van der Waals surface area contributed by atoms with Crippen molar-refractivity contribution in [3.63, 3.8) is 0 Å². The van der Waals surface area contributed by atoms with Gasteiger partial charge < -0.3 is 10.4 Å². The lowest BCUT2D eigenvalue weighted by Crippen LogP contribution is -2.44. The van der Waals surface area contributed by atoms with Crippen molar-refractivity contribution in [3.8, 4) is 0 Å². The number of hydrogen-bond acceptors (Lipinski definition) is 4. The third-order valence-corrected chi connectivity index (χ3v) is 5.06. The van der Waals surface area contributed by atoms with Crippen LogP contribution < -0.4 is 10.9 Å². The van der Waals surface area contributed by atoms with Crippen molar-refractivity contribution in [3.05, 3.63) is 27.2 Å². The number of amides is 1. The Hall–Kier alpha value is -2.15. The van der Waals surface area contributed by atoms with E-state index in [1.54, 1.807) is 18.7 Å². The van der Waals surface area contributed by atoms with Crippen LogP contribution >= 0.6 is 0 Å². The normalized spacial score (nSPS) is 14.1. The third kappa shape index (κ3) is 3.92. The van der Waals surface area contributed by atoms with E-state index in [0.29, 0.717) is 17.5 Å². The lowest BCUT2D eigenvalue weighted by Gasteiger charge is -2.27. The van der Waals surface area contributed by atoms with Gasteiger partial charge in [0.2, 0.25) is 5.91 Å². The summed E-state index contributed by atoms with van der Waals surface area (Å²) in [6.45, 7) is 9.54. The number of nitrogens with zero attached hydrogens (tertiary/aromatic N) is 2. The van der Waals surface area contributed by atoms with Crippen molar-refractivity contribution in [2.45, 2.75) is 53.1 Å². The lowest BCUT2D eigenvalue weighted by molar-refractivity contribution is -0.122. The first kappa shape index (κ1) is 19.2. The van der Waals surface area contributed by atoms with Crippen LogP contribution in [0.5, 0.6) is 0 Å². The van der Waals surface area contributed by atoms with Gasteiger partial charge in [-0.1, -0.05) is 13.8 Å². The van der Waals surface area contributed by atoms with Crippen LogP contribution in [0.1, 0.15) is 44.0 Å². The molecule has 2 rings (SSSR count). The van der Waals surface area contributed by atoms with E-state index in [1.807, 2.05) is 27.7 Å². The SMILES string of the molecule is Cc1nc2c(c(C)c1CCC(=O)NCC(C)(O)C(C)C)c(=O)[nH]n2C. The summed E-state index contributed by atoms with van der Waals surface area (Å²) in [6, 6.07) is 0. The lowest BCUT2D eigenvalue weighted by atomic mass is 9.92. The van der Waals surface area contributed by atoms with Gasteiger partial charge in [0.15, 0.2) is 5.65 Å². The van der Waals surface area contributed by atoms with E-state index in [1.165, 1.54) is 0 Å². The van der Waals surface area contributed by atoms with E-state index in [4.69, 9.17) is 0 Å². The molecular formula is C18H28N4O3. The predicted octanol–water partition coefficient (Wildman–Crippen LogP) is 1.33. The summed E-state index contributed by atoms with van der Waals surface area (Å²) in [5.74, 6) is -0.0736. The Morgan fingerprint density at radius 2 is 2.04 bits per heavy atom. The zero-order chi connectivity index (χ0) is 18.9. The molecule has 25 heavy (non-hydrogen) atoms. The number of pyridine rings is 1. The Labute approximate surface area is 147 Å². The van der Waals surface area contributed by atoms with Crippen LogP contribution in [0.3, 0.4) is 0 Å². The fraction of sp³-hybridized carbons (Fsp3) is 0.611. The molecule has 0 spiro atoms. The number of aryl methyl sites for hydroxylation is 3. The molecule has 3 N–H and O–H groups in total. The highest BCUT2D eigenvalue weighted by molar-refractivity contribution is 5.81. The summed E-state index contributed by atoms with van der Waals surface area (Å²) < 4.78 is 1.61. The molecule has 0 radical (unpaired) electrons. The van der Waals surface area contributed by atoms with Crippen molar-refractivity contribution in [1.29, 1.82) is 0 Å². The average Bonchev–Trinajstić information content (AvgIpc) is 2.79. The third-order valence-electron chi connectivity index (χ3n) is 5.06. The molecule has 7 nitrogen and oxygen atoms in total. The van der Waals surface area contributed by atoms with Crippen LogP contribution in [0.15, 0.2) is 4.79 Å². The van der Waals surface area contributed by atoms with Gasteiger partial charge in [0.25, 0.3) is 5.56 Å². The summed E-state index contributed by atoms with van der Waals surface area (Å²) >= 11 is 0. The monoisotopic (exact) mass is 348 g/mol. The second-order valence-electron chi connectivity index (χ2n) is 7.29. The molecular weight excluding hydrogens is 320 g/mol. The van der Waals surface area contributed by atoms with Crippen LogP contribution in [-0.2, 0) is 18.3 Å². The van der Waals surface area contributed by atoms with Gasteiger partial charge in [-0.25, -0.2) is 4.98 Å². The van der Waals surface area contributed by atoms with Gasteiger partial charge in [-0.15, -0.1) is 0 Å². The Balaban J connectivity index is 2.12. The number of hydrogen-bond donors (Lipinski definition) is 3. The number of rotatable bonds is 6. The molecule has 0 aliphatic carbocycles. The van der Waals surface area contributed by atoms with Crippen LogP contribution in [-0.4, -0.2) is 37.9 Å². The Kier molecular flexibility index (Phi) is 5.37. The van der Waals surface area contributed by atoms with Crippen molar-refractivity contribution < 1.29 is 9.90 Å². The number of nitrogens with one attached hydrogen (secondary N) is 2. The van der Waals surface area contributed by atoms with E-state index in [-0.39, 0.29) is 30.3 Å².